The molecule has 0 aliphatic heterocycles. The highest BCUT2D eigenvalue weighted by molar-refractivity contribution is 7.81. The second-order valence-corrected chi connectivity index (χ2v) is 7.02. The van der Waals surface area contributed by atoms with Gasteiger partial charge in [-0.2, -0.15) is 0 Å². The Bertz CT molecular complexity index is 941. The Labute approximate surface area is 150 Å². The van der Waals surface area contributed by atoms with Crippen molar-refractivity contribution in [2.24, 2.45) is 0 Å². The minimum Gasteiger partial charge on any atom is -0.755 e. The van der Waals surface area contributed by atoms with Crippen molar-refractivity contribution in [3.8, 4) is 10.4 Å². The topological polar surface area (TPSA) is 93.6 Å². The molecule has 1 aromatic carbocycles. The van der Waals surface area contributed by atoms with Gasteiger partial charge in [0.2, 0.25) is 0 Å². The van der Waals surface area contributed by atoms with Crippen molar-refractivity contribution in [3.63, 3.8) is 0 Å². The van der Waals surface area contributed by atoms with Crippen molar-refractivity contribution < 1.29 is 18.7 Å². The van der Waals surface area contributed by atoms with E-state index >= 15 is 0 Å². The fourth-order valence-corrected chi connectivity index (χ4v) is 4.14. The summed E-state index contributed by atoms with van der Waals surface area (Å²) in [6.07, 6.45) is 3.19. The van der Waals surface area contributed by atoms with Crippen LogP contribution in [0.25, 0.3) is 10.4 Å². The summed E-state index contributed by atoms with van der Waals surface area (Å²) in [4.78, 5) is 16.2. The van der Waals surface area contributed by atoms with E-state index in [1.165, 1.54) is 0 Å². The molecular weight excluding hydrogens is 360 g/mol. The summed E-state index contributed by atoms with van der Waals surface area (Å²) in [5, 5.41) is 9.54. The number of pyridine rings is 1. The SMILES string of the molecule is Cc1ccccc1N(c1cc(-c2ccncc2)sc1C(=O)O)S(=O)[O-]. The second-order valence-electron chi connectivity index (χ2n) is 5.16. The second kappa shape index (κ2) is 7.14. The summed E-state index contributed by atoms with van der Waals surface area (Å²) in [5.74, 6) is -1.18. The fraction of sp³-hybridized carbons (Fsp3) is 0.0588. The minimum atomic E-state index is -2.67. The Kier molecular flexibility index (Phi) is 4.93. The molecule has 1 unspecified atom stereocenters. The summed E-state index contributed by atoms with van der Waals surface area (Å²) < 4.78 is 24.8. The maximum absolute atomic E-state index is 11.9. The summed E-state index contributed by atoms with van der Waals surface area (Å²) in [5.41, 5.74) is 2.03. The Morgan fingerprint density at radius 3 is 2.48 bits per heavy atom. The number of hydrogen-bond acceptors (Lipinski definition) is 5. The Morgan fingerprint density at radius 2 is 1.88 bits per heavy atom. The molecule has 0 saturated heterocycles. The van der Waals surface area contributed by atoms with Crippen molar-refractivity contribution in [1.82, 2.24) is 4.98 Å². The van der Waals surface area contributed by atoms with Crippen molar-refractivity contribution >= 4 is 39.9 Å². The van der Waals surface area contributed by atoms with E-state index in [9.17, 15) is 18.7 Å². The Morgan fingerprint density at radius 1 is 1.20 bits per heavy atom. The Balaban J connectivity index is 2.20. The lowest BCUT2D eigenvalue weighted by atomic mass is 10.2. The van der Waals surface area contributed by atoms with E-state index in [0.29, 0.717) is 10.6 Å². The van der Waals surface area contributed by atoms with Crippen LogP contribution in [0.1, 0.15) is 15.2 Å². The van der Waals surface area contributed by atoms with E-state index in [1.54, 1.807) is 61.8 Å². The van der Waals surface area contributed by atoms with Gasteiger partial charge in [0.1, 0.15) is 4.88 Å². The molecule has 1 atom stereocenters. The van der Waals surface area contributed by atoms with Gasteiger partial charge in [-0.05, 0) is 42.3 Å². The number of anilines is 2. The van der Waals surface area contributed by atoms with Gasteiger partial charge in [0, 0.05) is 17.3 Å². The van der Waals surface area contributed by atoms with Gasteiger partial charge >= 0.3 is 5.97 Å². The van der Waals surface area contributed by atoms with Crippen molar-refractivity contribution in [2.75, 3.05) is 4.31 Å². The molecule has 25 heavy (non-hydrogen) atoms. The first-order valence-electron chi connectivity index (χ1n) is 7.21. The van der Waals surface area contributed by atoms with E-state index in [2.05, 4.69) is 4.98 Å². The van der Waals surface area contributed by atoms with Crippen LogP contribution < -0.4 is 4.31 Å². The van der Waals surface area contributed by atoms with Crippen molar-refractivity contribution in [1.29, 1.82) is 0 Å². The highest BCUT2D eigenvalue weighted by Gasteiger charge is 2.24. The number of thiophene rings is 1. The number of nitrogens with zero attached hydrogens (tertiary/aromatic N) is 2. The third-order valence-corrected chi connectivity index (χ3v) is 5.43. The van der Waals surface area contributed by atoms with Crippen LogP contribution in [-0.2, 0) is 11.3 Å². The molecule has 2 aromatic heterocycles. The van der Waals surface area contributed by atoms with Gasteiger partial charge in [0.05, 0.1) is 22.6 Å². The summed E-state index contributed by atoms with van der Waals surface area (Å²) in [6, 6.07) is 12.0. The molecule has 0 aliphatic carbocycles. The number of aromatic carboxylic acids is 1. The predicted octanol–water partition coefficient (Wildman–Crippen LogP) is 3.75. The molecule has 128 valence electrons. The lowest BCUT2D eigenvalue weighted by molar-refractivity contribution is 0.0703. The van der Waals surface area contributed by atoms with E-state index in [0.717, 1.165) is 26.8 Å². The van der Waals surface area contributed by atoms with Gasteiger partial charge < -0.3 is 9.66 Å². The first-order valence-corrected chi connectivity index (χ1v) is 9.06. The molecule has 0 spiro atoms. The van der Waals surface area contributed by atoms with Crippen LogP contribution >= 0.6 is 11.3 Å². The van der Waals surface area contributed by atoms with E-state index in [-0.39, 0.29) is 10.6 Å². The molecule has 3 aromatic rings. The van der Waals surface area contributed by atoms with Gasteiger partial charge in [0.15, 0.2) is 0 Å². The highest BCUT2D eigenvalue weighted by atomic mass is 32.2. The lowest BCUT2D eigenvalue weighted by Crippen LogP contribution is -2.21. The number of para-hydroxylation sites is 1. The van der Waals surface area contributed by atoms with Crippen LogP contribution in [0.5, 0.6) is 0 Å². The highest BCUT2D eigenvalue weighted by Crippen LogP contribution is 2.40. The largest absolute Gasteiger partial charge is 0.755 e. The quantitative estimate of drug-likeness (QED) is 0.688. The number of benzene rings is 1. The summed E-state index contributed by atoms with van der Waals surface area (Å²) in [6.45, 7) is 1.77. The Hall–Kier alpha value is -2.55. The fourth-order valence-electron chi connectivity index (χ4n) is 2.43. The number of carboxylic acids is 1. The van der Waals surface area contributed by atoms with Crippen molar-refractivity contribution in [3.05, 3.63) is 65.3 Å². The average molecular weight is 373 g/mol. The van der Waals surface area contributed by atoms with Gasteiger partial charge in [-0.25, -0.2) is 4.79 Å². The zero-order valence-electron chi connectivity index (χ0n) is 13.1. The number of rotatable bonds is 5. The zero-order valence-corrected chi connectivity index (χ0v) is 14.7. The normalized spacial score (nSPS) is 11.9. The van der Waals surface area contributed by atoms with Crippen LogP contribution in [0.2, 0.25) is 0 Å². The van der Waals surface area contributed by atoms with Crippen LogP contribution in [-0.4, -0.2) is 24.8 Å². The standard InChI is InChI=1S/C17H14N2O4S2/c1-11-4-2-3-5-13(11)19(25(22)23)14-10-15(24-16(14)17(20)21)12-6-8-18-9-7-12/h2-10H,1H3,(H,20,21)(H,22,23)/p-1. The minimum absolute atomic E-state index is 0.0423. The van der Waals surface area contributed by atoms with Gasteiger partial charge in [-0.3, -0.25) is 13.5 Å². The molecule has 1 N–H and O–H groups in total. The van der Waals surface area contributed by atoms with Crippen LogP contribution in [0.3, 0.4) is 0 Å². The first-order chi connectivity index (χ1) is 12.0. The monoisotopic (exact) mass is 373 g/mol. The molecule has 6 nitrogen and oxygen atoms in total. The number of hydrogen-bond donors (Lipinski definition) is 1. The van der Waals surface area contributed by atoms with Gasteiger partial charge in [-0.15, -0.1) is 11.3 Å². The van der Waals surface area contributed by atoms with E-state index in [1.807, 2.05) is 0 Å². The molecule has 0 aliphatic rings. The maximum atomic E-state index is 11.9. The molecule has 0 radical (unpaired) electrons. The molecule has 8 heteroatoms. The third-order valence-electron chi connectivity index (χ3n) is 3.57. The summed E-state index contributed by atoms with van der Waals surface area (Å²) >= 11 is -1.65. The smallest absolute Gasteiger partial charge is 0.348 e. The maximum Gasteiger partial charge on any atom is 0.348 e. The third kappa shape index (κ3) is 3.46. The van der Waals surface area contributed by atoms with Gasteiger partial charge in [0.25, 0.3) is 0 Å². The number of carboxylic acid groups (broad SMARTS) is 1. The number of carbonyl (C=O) groups is 1. The molecule has 3 rings (SSSR count). The number of aryl methyl sites for hydroxylation is 1. The predicted molar refractivity (Wildman–Crippen MR) is 96.7 cm³/mol. The zero-order chi connectivity index (χ0) is 18.0. The molecule has 0 amide bonds. The summed E-state index contributed by atoms with van der Waals surface area (Å²) in [7, 11) is 0. The van der Waals surface area contributed by atoms with Crippen LogP contribution in [0, 0.1) is 6.92 Å². The van der Waals surface area contributed by atoms with Crippen LogP contribution in [0.15, 0.2) is 54.9 Å². The number of aromatic nitrogens is 1. The first kappa shape index (κ1) is 17.3. The lowest BCUT2D eigenvalue weighted by Gasteiger charge is -2.27. The molecular formula is C17H13N2O4S2-. The average Bonchev–Trinajstić information content (AvgIpc) is 3.02. The van der Waals surface area contributed by atoms with E-state index in [4.69, 9.17) is 0 Å². The van der Waals surface area contributed by atoms with Crippen LogP contribution in [0.4, 0.5) is 11.4 Å². The van der Waals surface area contributed by atoms with E-state index < -0.39 is 17.2 Å². The van der Waals surface area contributed by atoms with Gasteiger partial charge in [-0.1, -0.05) is 18.2 Å². The molecule has 0 saturated carbocycles. The van der Waals surface area contributed by atoms with Crippen molar-refractivity contribution in [2.45, 2.75) is 6.92 Å². The molecule has 0 bridgehead atoms. The molecule has 2 heterocycles. The molecule has 0 fully saturated rings.